The lowest BCUT2D eigenvalue weighted by Gasteiger charge is -2.00. The van der Waals surface area contributed by atoms with E-state index in [2.05, 4.69) is 13.2 Å². The standard InChI is InChI=1S/C4H8N2/c1-3-6(5)4-2/h3-4H,1-2,5H2/p+1. The molecule has 0 spiro atoms. The number of nitrogens with zero attached hydrogens (tertiary/aromatic N) is 1. The van der Waals surface area contributed by atoms with Crippen molar-refractivity contribution in [2.45, 2.75) is 0 Å². The third-order valence-electron chi connectivity index (χ3n) is 0.422. The molecule has 0 aromatic heterocycles. The summed E-state index contributed by atoms with van der Waals surface area (Å²) >= 11 is 0. The predicted molar refractivity (Wildman–Crippen MR) is 27.5 cm³/mol. The minimum atomic E-state index is 0. The van der Waals surface area contributed by atoms with Gasteiger partial charge in [0.25, 0.3) is 0 Å². The molecule has 0 radical (unpaired) electrons. The molecule has 0 saturated heterocycles. The van der Waals surface area contributed by atoms with Gasteiger partial charge in [-0.25, -0.2) is 5.84 Å². The Bertz CT molecular complexity index is 54.7. The summed E-state index contributed by atoms with van der Waals surface area (Å²) in [6.07, 6.45) is 2.93. The van der Waals surface area contributed by atoms with Crippen molar-refractivity contribution in [1.29, 1.82) is 0 Å². The molecule has 0 bridgehead atoms. The summed E-state index contributed by atoms with van der Waals surface area (Å²) in [6, 6.07) is 0. The van der Waals surface area contributed by atoms with Crippen molar-refractivity contribution in [3.05, 3.63) is 25.6 Å². The van der Waals surface area contributed by atoms with Gasteiger partial charge < -0.3 is 0 Å². The maximum absolute atomic E-state index is 5.07. The zero-order valence-electron chi connectivity index (χ0n) is 4.59. The van der Waals surface area contributed by atoms with E-state index in [4.69, 9.17) is 5.84 Å². The maximum Gasteiger partial charge on any atom is 1.00 e. The molecule has 6 heavy (non-hydrogen) atoms. The van der Waals surface area contributed by atoms with E-state index in [-0.39, 0.29) is 1.43 Å². The second-order valence-corrected chi connectivity index (χ2v) is 0.812. The summed E-state index contributed by atoms with van der Waals surface area (Å²) in [7, 11) is 0. The average molecular weight is 85.1 g/mol. The van der Waals surface area contributed by atoms with Gasteiger partial charge in [0.05, 0.1) is 0 Å². The Hall–Kier alpha value is -0.760. The lowest BCUT2D eigenvalue weighted by molar-refractivity contribution is 0.544. The molecule has 0 aliphatic rings. The van der Waals surface area contributed by atoms with Gasteiger partial charge in [-0.3, -0.25) is 5.01 Å². The highest BCUT2D eigenvalue weighted by atomic mass is 15.4. The van der Waals surface area contributed by atoms with Gasteiger partial charge in [0.15, 0.2) is 0 Å². The second kappa shape index (κ2) is 2.48. The fourth-order valence-corrected chi connectivity index (χ4v) is 0.0745. The van der Waals surface area contributed by atoms with Gasteiger partial charge >= 0.3 is 1.43 Å². The quantitative estimate of drug-likeness (QED) is 0.392. The Morgan fingerprint density at radius 3 is 1.83 bits per heavy atom. The second-order valence-electron chi connectivity index (χ2n) is 0.812. The van der Waals surface area contributed by atoms with Crippen LogP contribution < -0.4 is 5.84 Å². The molecule has 0 aliphatic heterocycles. The normalized spacial score (nSPS) is 6.83. The van der Waals surface area contributed by atoms with Crippen molar-refractivity contribution in [3.8, 4) is 0 Å². The molecule has 0 aromatic rings. The smallest absolute Gasteiger partial charge is 0.295 e. The van der Waals surface area contributed by atoms with E-state index in [1.54, 1.807) is 0 Å². The highest BCUT2D eigenvalue weighted by Crippen LogP contribution is 1.70. The lowest BCUT2D eigenvalue weighted by atomic mass is 10.9. The van der Waals surface area contributed by atoms with Crippen LogP contribution in [0.1, 0.15) is 1.43 Å². The third-order valence-corrected chi connectivity index (χ3v) is 0.422. The molecule has 0 saturated carbocycles. The van der Waals surface area contributed by atoms with Crippen molar-refractivity contribution in [2.75, 3.05) is 0 Å². The van der Waals surface area contributed by atoms with Gasteiger partial charge in [0.1, 0.15) is 0 Å². The summed E-state index contributed by atoms with van der Waals surface area (Å²) in [5.74, 6) is 5.07. The van der Waals surface area contributed by atoms with Crippen LogP contribution in [0.25, 0.3) is 0 Å². The fraction of sp³-hybridized carbons (Fsp3) is 0. The van der Waals surface area contributed by atoms with Crippen molar-refractivity contribution >= 4 is 0 Å². The molecule has 2 heteroatoms. The minimum Gasteiger partial charge on any atom is -0.295 e. The zero-order valence-corrected chi connectivity index (χ0v) is 3.59. The molecular formula is C4H9N2+. The molecule has 34 valence electrons. The number of rotatable bonds is 2. The predicted octanol–water partition coefficient (Wildman–Crippen LogP) is 0.562. The van der Waals surface area contributed by atoms with E-state index < -0.39 is 0 Å². The van der Waals surface area contributed by atoms with Crippen molar-refractivity contribution < 1.29 is 1.43 Å². The largest absolute Gasteiger partial charge is 1.00 e. The Labute approximate surface area is 39.0 Å². The Balaban J connectivity index is 0. The van der Waals surface area contributed by atoms with Crippen LogP contribution in [0.3, 0.4) is 0 Å². The van der Waals surface area contributed by atoms with E-state index in [0.29, 0.717) is 0 Å². The Morgan fingerprint density at radius 2 is 1.83 bits per heavy atom. The molecule has 2 nitrogen and oxygen atoms in total. The first kappa shape index (κ1) is 5.24. The first-order valence-corrected chi connectivity index (χ1v) is 1.59. The highest BCUT2D eigenvalue weighted by Gasteiger charge is 1.68. The molecule has 0 rings (SSSR count). The summed E-state index contributed by atoms with van der Waals surface area (Å²) in [5, 5.41) is 1.28. The van der Waals surface area contributed by atoms with Crippen LogP contribution >= 0.6 is 0 Å². The van der Waals surface area contributed by atoms with Gasteiger partial charge in [-0.2, -0.15) is 0 Å². The van der Waals surface area contributed by atoms with E-state index in [0.717, 1.165) is 0 Å². The number of hydrogen-bond donors (Lipinski definition) is 1. The van der Waals surface area contributed by atoms with Crippen LogP contribution in [0.15, 0.2) is 25.6 Å². The molecule has 0 heterocycles. The molecule has 0 aromatic carbocycles. The molecule has 2 N–H and O–H groups in total. The van der Waals surface area contributed by atoms with E-state index >= 15 is 0 Å². The van der Waals surface area contributed by atoms with Crippen LogP contribution in [0, 0.1) is 0 Å². The summed E-state index contributed by atoms with van der Waals surface area (Å²) in [4.78, 5) is 0. The molecule has 0 amide bonds. The van der Waals surface area contributed by atoms with Crippen LogP contribution in [-0.2, 0) is 0 Å². The molecular weight excluding hydrogens is 76.1 g/mol. The van der Waals surface area contributed by atoms with Crippen molar-refractivity contribution in [3.63, 3.8) is 0 Å². The Kier molecular flexibility index (Phi) is 2.16. The van der Waals surface area contributed by atoms with Crippen LogP contribution in [0.5, 0.6) is 0 Å². The molecule has 0 aliphatic carbocycles. The minimum absolute atomic E-state index is 0. The van der Waals surface area contributed by atoms with Gasteiger partial charge in [0.2, 0.25) is 0 Å². The number of hydrogen-bond acceptors (Lipinski definition) is 2. The average Bonchev–Trinajstić information content (AvgIpc) is 1.65. The van der Waals surface area contributed by atoms with Crippen LogP contribution in [-0.4, -0.2) is 5.01 Å². The van der Waals surface area contributed by atoms with Gasteiger partial charge in [0, 0.05) is 12.4 Å². The van der Waals surface area contributed by atoms with E-state index in [9.17, 15) is 0 Å². The zero-order chi connectivity index (χ0) is 4.99. The summed E-state index contributed by atoms with van der Waals surface area (Å²) < 4.78 is 0. The van der Waals surface area contributed by atoms with Gasteiger partial charge in [-0.1, -0.05) is 13.2 Å². The van der Waals surface area contributed by atoms with Crippen molar-refractivity contribution in [1.82, 2.24) is 5.01 Å². The van der Waals surface area contributed by atoms with Crippen LogP contribution in [0.2, 0.25) is 0 Å². The fourth-order valence-electron chi connectivity index (χ4n) is 0.0745. The van der Waals surface area contributed by atoms with E-state index in [1.807, 2.05) is 0 Å². The highest BCUT2D eigenvalue weighted by molar-refractivity contribution is 4.73. The van der Waals surface area contributed by atoms with Crippen LogP contribution in [0.4, 0.5) is 0 Å². The SMILES string of the molecule is C=CN(N)C=C.[H+]. The first-order valence-electron chi connectivity index (χ1n) is 1.59. The molecule has 0 unspecified atom stereocenters. The monoisotopic (exact) mass is 85.1 g/mol. The van der Waals surface area contributed by atoms with Gasteiger partial charge in [-0.15, -0.1) is 0 Å². The third kappa shape index (κ3) is 1.55. The van der Waals surface area contributed by atoms with E-state index in [1.165, 1.54) is 17.4 Å². The number of nitrogens with two attached hydrogens (primary N) is 1. The maximum atomic E-state index is 5.07. The molecule has 0 atom stereocenters. The first-order chi connectivity index (χ1) is 2.81. The summed E-state index contributed by atoms with van der Waals surface area (Å²) in [6.45, 7) is 6.72. The number of hydrazine groups is 1. The Morgan fingerprint density at radius 1 is 1.50 bits per heavy atom. The molecule has 0 fully saturated rings. The van der Waals surface area contributed by atoms with Gasteiger partial charge in [-0.05, 0) is 0 Å². The van der Waals surface area contributed by atoms with Crippen molar-refractivity contribution in [2.24, 2.45) is 5.84 Å². The summed E-state index contributed by atoms with van der Waals surface area (Å²) in [5.41, 5.74) is 0. The lowest BCUT2D eigenvalue weighted by Crippen LogP contribution is -2.15. The topological polar surface area (TPSA) is 29.3 Å².